The second-order valence-corrected chi connectivity index (χ2v) is 7.18. The van der Waals surface area contributed by atoms with Crippen molar-refractivity contribution in [3.8, 4) is 0 Å². The number of carbonyl (C=O) groups is 1. The van der Waals surface area contributed by atoms with Gasteiger partial charge in [0.1, 0.15) is 6.42 Å². The Morgan fingerprint density at radius 2 is 2.07 bits per heavy atom. The Balaban J connectivity index is 2.42. The third kappa shape index (κ3) is 5.30. The molecule has 2 rings (SSSR count). The number of likely N-dealkylation sites (tertiary alicyclic amines) is 1. The molecular formula is C21H26F3N3O. The number of hydrogen-bond acceptors (Lipinski definition) is 3. The van der Waals surface area contributed by atoms with Gasteiger partial charge in [0.25, 0.3) is 0 Å². The standard InChI is InChI=1S/C21H26F3N3O/c1-5-6-18-17(8-7-15(11-25-3)20(18)26-4)16-9-14(2)12-27(13-16)19(28)10-21(22,23)24/h5-8,11,14,16H,4,9-10,12-13H2,1-3H3/b6-5-,25-11?/t14?,16-/m1/s1. The van der Waals surface area contributed by atoms with Gasteiger partial charge in [-0.3, -0.25) is 14.8 Å². The highest BCUT2D eigenvalue weighted by molar-refractivity contribution is 5.91. The van der Waals surface area contributed by atoms with Gasteiger partial charge >= 0.3 is 6.18 Å². The molecule has 152 valence electrons. The van der Waals surface area contributed by atoms with Crippen molar-refractivity contribution < 1.29 is 18.0 Å². The van der Waals surface area contributed by atoms with E-state index < -0.39 is 18.5 Å². The van der Waals surface area contributed by atoms with Gasteiger partial charge in [-0.1, -0.05) is 31.2 Å². The van der Waals surface area contributed by atoms with Crippen LogP contribution in [0.25, 0.3) is 6.08 Å². The number of halogens is 3. The van der Waals surface area contributed by atoms with Crippen molar-refractivity contribution in [2.24, 2.45) is 15.9 Å². The highest BCUT2D eigenvalue weighted by atomic mass is 19.4. The number of amides is 1. The summed E-state index contributed by atoms with van der Waals surface area (Å²) in [6.07, 6.45) is 0.387. The molecule has 0 radical (unpaired) electrons. The SMILES string of the molecule is C=Nc1c(C=NC)ccc([C@@H]2CC(C)CN(C(=O)CC(F)(F)F)C2)c1/C=C\C. The molecule has 0 bridgehead atoms. The number of hydrogen-bond donors (Lipinski definition) is 0. The lowest BCUT2D eigenvalue weighted by Crippen LogP contribution is -2.44. The van der Waals surface area contributed by atoms with Crippen LogP contribution in [0.2, 0.25) is 0 Å². The zero-order valence-corrected chi connectivity index (χ0v) is 16.5. The number of benzene rings is 1. The maximum Gasteiger partial charge on any atom is 0.397 e. The molecule has 1 aliphatic rings. The molecule has 1 fully saturated rings. The normalized spacial score (nSPS) is 20.9. The number of piperidine rings is 1. The minimum Gasteiger partial charge on any atom is -0.342 e. The van der Waals surface area contributed by atoms with Crippen LogP contribution in [0.3, 0.4) is 0 Å². The fourth-order valence-electron chi connectivity index (χ4n) is 3.82. The molecule has 28 heavy (non-hydrogen) atoms. The number of rotatable bonds is 5. The lowest BCUT2D eigenvalue weighted by Gasteiger charge is -2.37. The van der Waals surface area contributed by atoms with Gasteiger partial charge in [0.15, 0.2) is 0 Å². The van der Waals surface area contributed by atoms with Gasteiger partial charge in [0.2, 0.25) is 5.91 Å². The number of alkyl halides is 3. The topological polar surface area (TPSA) is 45.0 Å². The van der Waals surface area contributed by atoms with Crippen LogP contribution < -0.4 is 0 Å². The van der Waals surface area contributed by atoms with Crippen LogP contribution in [-0.2, 0) is 4.79 Å². The van der Waals surface area contributed by atoms with Crippen LogP contribution in [-0.4, -0.2) is 50.1 Å². The molecule has 1 heterocycles. The maximum absolute atomic E-state index is 12.7. The Kier molecular flexibility index (Phi) is 7.16. The van der Waals surface area contributed by atoms with Crippen molar-refractivity contribution >= 4 is 30.6 Å². The van der Waals surface area contributed by atoms with Crippen molar-refractivity contribution in [1.82, 2.24) is 4.90 Å². The molecule has 0 N–H and O–H groups in total. The van der Waals surface area contributed by atoms with Gasteiger partial charge in [0.05, 0.1) is 5.69 Å². The first-order valence-electron chi connectivity index (χ1n) is 9.23. The van der Waals surface area contributed by atoms with E-state index in [1.807, 2.05) is 38.1 Å². The summed E-state index contributed by atoms with van der Waals surface area (Å²) in [4.78, 5) is 21.7. The summed E-state index contributed by atoms with van der Waals surface area (Å²) >= 11 is 0. The van der Waals surface area contributed by atoms with E-state index in [9.17, 15) is 18.0 Å². The zero-order valence-electron chi connectivity index (χ0n) is 16.5. The molecule has 1 unspecified atom stereocenters. The second kappa shape index (κ2) is 9.17. The van der Waals surface area contributed by atoms with Crippen LogP contribution in [0.4, 0.5) is 18.9 Å². The lowest BCUT2D eigenvalue weighted by atomic mass is 9.82. The first kappa shape index (κ1) is 21.9. The quantitative estimate of drug-likeness (QED) is 0.649. The molecule has 1 saturated heterocycles. The number of carbonyl (C=O) groups excluding carboxylic acids is 1. The summed E-state index contributed by atoms with van der Waals surface area (Å²) in [6, 6.07) is 3.84. The average molecular weight is 393 g/mol. The third-order valence-electron chi connectivity index (χ3n) is 4.85. The fraction of sp³-hybridized carbons (Fsp3) is 0.476. The Hall–Kier alpha value is -2.44. The Morgan fingerprint density at radius 1 is 1.36 bits per heavy atom. The highest BCUT2D eigenvalue weighted by Gasteiger charge is 2.37. The summed E-state index contributed by atoms with van der Waals surface area (Å²) in [5, 5.41) is 0. The van der Waals surface area contributed by atoms with Gasteiger partial charge in [-0.25, -0.2) is 0 Å². The van der Waals surface area contributed by atoms with Crippen LogP contribution in [0.15, 0.2) is 28.2 Å². The Bertz CT molecular complexity index is 784. The summed E-state index contributed by atoms with van der Waals surface area (Å²) in [5.74, 6) is -0.833. The molecule has 1 aromatic rings. The Morgan fingerprint density at radius 3 is 2.64 bits per heavy atom. The molecule has 0 spiro atoms. The number of nitrogens with zero attached hydrogens (tertiary/aromatic N) is 3. The van der Waals surface area contributed by atoms with Gasteiger partial charge in [-0.05, 0) is 31.5 Å². The van der Waals surface area contributed by atoms with E-state index in [1.165, 1.54) is 4.90 Å². The van der Waals surface area contributed by atoms with Crippen molar-refractivity contribution in [2.45, 2.75) is 38.8 Å². The molecule has 2 atom stereocenters. The summed E-state index contributed by atoms with van der Waals surface area (Å²) in [7, 11) is 1.67. The molecule has 7 heteroatoms. The highest BCUT2D eigenvalue weighted by Crippen LogP contribution is 2.38. The van der Waals surface area contributed by atoms with E-state index in [1.54, 1.807) is 13.3 Å². The lowest BCUT2D eigenvalue weighted by molar-refractivity contribution is -0.162. The van der Waals surface area contributed by atoms with E-state index in [2.05, 4.69) is 16.7 Å². The van der Waals surface area contributed by atoms with Crippen LogP contribution in [0.1, 0.15) is 49.3 Å². The van der Waals surface area contributed by atoms with Crippen LogP contribution in [0.5, 0.6) is 0 Å². The predicted molar refractivity (Wildman–Crippen MR) is 108 cm³/mol. The smallest absolute Gasteiger partial charge is 0.342 e. The average Bonchev–Trinajstić information content (AvgIpc) is 2.60. The molecule has 1 aromatic carbocycles. The van der Waals surface area contributed by atoms with Crippen molar-refractivity contribution in [3.05, 3.63) is 34.9 Å². The number of aliphatic imine (C=N–C) groups is 2. The Labute approximate surface area is 163 Å². The van der Waals surface area contributed by atoms with E-state index in [-0.39, 0.29) is 18.4 Å². The maximum atomic E-state index is 12.7. The van der Waals surface area contributed by atoms with Gasteiger partial charge in [0, 0.05) is 43.4 Å². The first-order chi connectivity index (χ1) is 13.2. The van der Waals surface area contributed by atoms with Crippen LogP contribution in [0, 0.1) is 5.92 Å². The van der Waals surface area contributed by atoms with E-state index >= 15 is 0 Å². The second-order valence-electron chi connectivity index (χ2n) is 7.18. The van der Waals surface area contributed by atoms with Gasteiger partial charge in [-0.2, -0.15) is 13.2 Å². The minimum atomic E-state index is -4.50. The largest absolute Gasteiger partial charge is 0.397 e. The van der Waals surface area contributed by atoms with Gasteiger partial charge in [-0.15, -0.1) is 0 Å². The van der Waals surface area contributed by atoms with E-state index in [0.29, 0.717) is 12.2 Å². The zero-order chi connectivity index (χ0) is 20.9. The molecule has 4 nitrogen and oxygen atoms in total. The molecule has 0 saturated carbocycles. The molecular weight excluding hydrogens is 367 g/mol. The number of allylic oxidation sites excluding steroid dienone is 1. The third-order valence-corrected chi connectivity index (χ3v) is 4.85. The molecule has 0 aromatic heterocycles. The van der Waals surface area contributed by atoms with Crippen LogP contribution >= 0.6 is 0 Å². The summed E-state index contributed by atoms with van der Waals surface area (Å²) < 4.78 is 38.0. The van der Waals surface area contributed by atoms with E-state index in [4.69, 9.17) is 0 Å². The summed E-state index contributed by atoms with van der Waals surface area (Å²) in [6.45, 7) is 8.12. The minimum absolute atomic E-state index is 0.0692. The summed E-state index contributed by atoms with van der Waals surface area (Å²) in [5.41, 5.74) is 3.35. The fourth-order valence-corrected chi connectivity index (χ4v) is 3.82. The monoisotopic (exact) mass is 393 g/mol. The van der Waals surface area contributed by atoms with Crippen molar-refractivity contribution in [1.29, 1.82) is 0 Å². The molecule has 1 amide bonds. The van der Waals surface area contributed by atoms with Gasteiger partial charge < -0.3 is 4.90 Å². The first-order valence-corrected chi connectivity index (χ1v) is 9.23. The molecule has 1 aliphatic heterocycles. The molecule has 0 aliphatic carbocycles. The van der Waals surface area contributed by atoms with Crippen molar-refractivity contribution in [3.63, 3.8) is 0 Å². The predicted octanol–water partition coefficient (Wildman–Crippen LogP) is 5.00. The van der Waals surface area contributed by atoms with E-state index in [0.717, 1.165) is 23.1 Å². The van der Waals surface area contributed by atoms with Crippen molar-refractivity contribution in [2.75, 3.05) is 20.1 Å².